The van der Waals surface area contributed by atoms with Crippen LogP contribution in [0.5, 0.6) is 0 Å². The molecule has 0 aliphatic carbocycles. The fourth-order valence-corrected chi connectivity index (χ4v) is 2.27. The molecule has 0 radical (unpaired) electrons. The van der Waals surface area contributed by atoms with Gasteiger partial charge in [0.2, 0.25) is 0 Å². The SMILES string of the molecule is CC(C)CC(CO)NC(=O)NCCc1ccc(N(C)C)cc1. The molecule has 0 spiro atoms. The molecule has 124 valence electrons. The number of anilines is 1. The molecule has 3 N–H and O–H groups in total. The summed E-state index contributed by atoms with van der Waals surface area (Å²) in [4.78, 5) is 13.8. The van der Waals surface area contributed by atoms with Gasteiger partial charge in [0, 0.05) is 26.3 Å². The Labute approximate surface area is 133 Å². The maximum absolute atomic E-state index is 11.8. The van der Waals surface area contributed by atoms with Crippen molar-refractivity contribution in [2.45, 2.75) is 32.7 Å². The van der Waals surface area contributed by atoms with E-state index in [4.69, 9.17) is 0 Å². The Balaban J connectivity index is 2.32. The Morgan fingerprint density at radius 2 is 1.86 bits per heavy atom. The summed E-state index contributed by atoms with van der Waals surface area (Å²) in [5, 5.41) is 14.9. The van der Waals surface area contributed by atoms with E-state index in [-0.39, 0.29) is 18.7 Å². The molecule has 1 rings (SSSR count). The van der Waals surface area contributed by atoms with Crippen molar-refractivity contribution in [1.82, 2.24) is 10.6 Å². The summed E-state index contributed by atoms with van der Waals surface area (Å²) in [7, 11) is 4.02. The first kappa shape index (κ1) is 18.3. The summed E-state index contributed by atoms with van der Waals surface area (Å²) in [5.41, 5.74) is 2.35. The van der Waals surface area contributed by atoms with Crippen LogP contribution in [-0.4, -0.2) is 44.4 Å². The largest absolute Gasteiger partial charge is 0.394 e. The second kappa shape index (κ2) is 9.30. The molecule has 0 saturated carbocycles. The lowest BCUT2D eigenvalue weighted by molar-refractivity contribution is 0.207. The molecule has 1 aromatic rings. The molecule has 0 aliphatic rings. The molecule has 1 aromatic carbocycles. The molecule has 0 fully saturated rings. The van der Waals surface area contributed by atoms with Gasteiger partial charge in [-0.15, -0.1) is 0 Å². The number of amides is 2. The Morgan fingerprint density at radius 3 is 2.36 bits per heavy atom. The van der Waals surface area contributed by atoms with Crippen LogP contribution in [0.25, 0.3) is 0 Å². The molecule has 22 heavy (non-hydrogen) atoms. The molecule has 5 heteroatoms. The van der Waals surface area contributed by atoms with Crippen LogP contribution in [0.1, 0.15) is 25.8 Å². The first-order chi connectivity index (χ1) is 10.4. The van der Waals surface area contributed by atoms with E-state index in [0.29, 0.717) is 12.5 Å². The van der Waals surface area contributed by atoms with Gasteiger partial charge in [0.1, 0.15) is 0 Å². The topological polar surface area (TPSA) is 64.6 Å². The number of rotatable bonds is 8. The van der Waals surface area contributed by atoms with Gasteiger partial charge in [0.15, 0.2) is 0 Å². The first-order valence-electron chi connectivity index (χ1n) is 7.83. The molecule has 2 amide bonds. The number of urea groups is 1. The van der Waals surface area contributed by atoms with Crippen molar-refractivity contribution >= 4 is 11.7 Å². The van der Waals surface area contributed by atoms with E-state index in [9.17, 15) is 9.90 Å². The lowest BCUT2D eigenvalue weighted by atomic mass is 10.0. The summed E-state index contributed by atoms with van der Waals surface area (Å²) < 4.78 is 0. The third-order valence-corrected chi connectivity index (χ3v) is 3.46. The highest BCUT2D eigenvalue weighted by molar-refractivity contribution is 5.74. The van der Waals surface area contributed by atoms with Crippen LogP contribution in [0.3, 0.4) is 0 Å². The summed E-state index contributed by atoms with van der Waals surface area (Å²) in [5.74, 6) is 0.438. The van der Waals surface area contributed by atoms with E-state index in [2.05, 4.69) is 53.6 Å². The van der Waals surface area contributed by atoms with Crippen LogP contribution in [0.15, 0.2) is 24.3 Å². The van der Waals surface area contributed by atoms with Crippen molar-refractivity contribution < 1.29 is 9.90 Å². The van der Waals surface area contributed by atoms with Gasteiger partial charge in [-0.2, -0.15) is 0 Å². The van der Waals surface area contributed by atoms with Gasteiger partial charge >= 0.3 is 6.03 Å². The zero-order valence-corrected chi connectivity index (χ0v) is 14.1. The highest BCUT2D eigenvalue weighted by Gasteiger charge is 2.12. The lowest BCUT2D eigenvalue weighted by Crippen LogP contribution is -2.44. The van der Waals surface area contributed by atoms with Gasteiger partial charge in [0.05, 0.1) is 12.6 Å². The summed E-state index contributed by atoms with van der Waals surface area (Å²) in [6.07, 6.45) is 1.56. The van der Waals surface area contributed by atoms with Gasteiger partial charge in [0.25, 0.3) is 0 Å². The number of benzene rings is 1. The number of hydrogen-bond donors (Lipinski definition) is 3. The predicted molar refractivity (Wildman–Crippen MR) is 91.3 cm³/mol. The van der Waals surface area contributed by atoms with E-state index in [1.165, 1.54) is 5.56 Å². The van der Waals surface area contributed by atoms with Crippen molar-refractivity contribution in [3.05, 3.63) is 29.8 Å². The summed E-state index contributed by atoms with van der Waals surface area (Å²) >= 11 is 0. The molecule has 1 atom stereocenters. The average molecular weight is 307 g/mol. The summed E-state index contributed by atoms with van der Waals surface area (Å²) in [6.45, 7) is 4.68. The Kier molecular flexibility index (Phi) is 7.74. The van der Waals surface area contributed by atoms with Crippen molar-refractivity contribution in [2.24, 2.45) is 5.92 Å². The third kappa shape index (κ3) is 6.80. The highest BCUT2D eigenvalue weighted by Crippen LogP contribution is 2.12. The second-order valence-corrected chi connectivity index (χ2v) is 6.22. The van der Waals surface area contributed by atoms with Crippen LogP contribution in [0.2, 0.25) is 0 Å². The van der Waals surface area contributed by atoms with Crippen molar-refractivity contribution in [3.8, 4) is 0 Å². The minimum Gasteiger partial charge on any atom is -0.394 e. The normalized spacial score (nSPS) is 12.1. The number of nitrogens with zero attached hydrogens (tertiary/aromatic N) is 1. The monoisotopic (exact) mass is 307 g/mol. The van der Waals surface area contributed by atoms with Gasteiger partial charge in [-0.05, 0) is 36.5 Å². The first-order valence-corrected chi connectivity index (χ1v) is 7.83. The standard InChI is InChI=1S/C17H29N3O2/c1-13(2)11-15(12-21)19-17(22)18-10-9-14-5-7-16(8-6-14)20(3)4/h5-8,13,15,21H,9-12H2,1-4H3,(H2,18,19,22). The van der Waals surface area contributed by atoms with Crippen LogP contribution in [0, 0.1) is 5.92 Å². The minimum absolute atomic E-state index is 0.0302. The van der Waals surface area contributed by atoms with E-state index >= 15 is 0 Å². The molecule has 0 saturated heterocycles. The maximum atomic E-state index is 11.8. The number of aliphatic hydroxyl groups is 1. The van der Waals surface area contributed by atoms with Crippen LogP contribution < -0.4 is 15.5 Å². The second-order valence-electron chi connectivity index (χ2n) is 6.22. The number of nitrogens with one attached hydrogen (secondary N) is 2. The highest BCUT2D eigenvalue weighted by atomic mass is 16.3. The maximum Gasteiger partial charge on any atom is 0.315 e. The molecule has 1 unspecified atom stereocenters. The van der Waals surface area contributed by atoms with Gasteiger partial charge in [-0.25, -0.2) is 4.79 Å². The number of hydrogen-bond acceptors (Lipinski definition) is 3. The smallest absolute Gasteiger partial charge is 0.315 e. The van der Waals surface area contributed by atoms with Crippen molar-refractivity contribution in [3.63, 3.8) is 0 Å². The Bertz CT molecular complexity index is 444. The Hall–Kier alpha value is -1.75. The van der Waals surface area contributed by atoms with Crippen LogP contribution >= 0.6 is 0 Å². The van der Waals surface area contributed by atoms with Crippen LogP contribution in [0.4, 0.5) is 10.5 Å². The number of aliphatic hydroxyl groups excluding tert-OH is 1. The van der Waals surface area contributed by atoms with Crippen LogP contribution in [-0.2, 0) is 6.42 Å². The predicted octanol–water partition coefficient (Wildman–Crippen LogP) is 2.00. The molecule has 0 bridgehead atoms. The van der Waals surface area contributed by atoms with E-state index in [1.54, 1.807) is 0 Å². The molecular formula is C17H29N3O2. The van der Waals surface area contributed by atoms with E-state index in [0.717, 1.165) is 18.5 Å². The average Bonchev–Trinajstić information content (AvgIpc) is 2.46. The van der Waals surface area contributed by atoms with Crippen molar-refractivity contribution in [1.29, 1.82) is 0 Å². The molecule has 0 aromatic heterocycles. The van der Waals surface area contributed by atoms with E-state index < -0.39 is 0 Å². The molecule has 5 nitrogen and oxygen atoms in total. The number of carbonyl (C=O) groups excluding carboxylic acids is 1. The lowest BCUT2D eigenvalue weighted by Gasteiger charge is -2.18. The fraction of sp³-hybridized carbons (Fsp3) is 0.588. The minimum atomic E-state index is -0.218. The number of carbonyl (C=O) groups is 1. The van der Waals surface area contributed by atoms with E-state index in [1.807, 2.05) is 14.1 Å². The fourth-order valence-electron chi connectivity index (χ4n) is 2.27. The van der Waals surface area contributed by atoms with Crippen molar-refractivity contribution in [2.75, 3.05) is 32.1 Å². The quantitative estimate of drug-likeness (QED) is 0.688. The Morgan fingerprint density at radius 1 is 1.23 bits per heavy atom. The molecular weight excluding hydrogens is 278 g/mol. The summed E-state index contributed by atoms with van der Waals surface area (Å²) in [6, 6.07) is 7.89. The van der Waals surface area contributed by atoms with Gasteiger partial charge in [-0.3, -0.25) is 0 Å². The van der Waals surface area contributed by atoms with Gasteiger partial charge < -0.3 is 20.6 Å². The molecule has 0 heterocycles. The van der Waals surface area contributed by atoms with Gasteiger partial charge in [-0.1, -0.05) is 26.0 Å². The zero-order chi connectivity index (χ0) is 16.5. The third-order valence-electron chi connectivity index (χ3n) is 3.46. The molecule has 0 aliphatic heterocycles. The zero-order valence-electron chi connectivity index (χ0n) is 14.1.